The van der Waals surface area contributed by atoms with Crippen molar-refractivity contribution in [3.63, 3.8) is 0 Å². The highest BCUT2D eigenvalue weighted by molar-refractivity contribution is 8.00. The van der Waals surface area contributed by atoms with Crippen molar-refractivity contribution in [3.8, 4) is 0 Å². The van der Waals surface area contributed by atoms with Crippen LogP contribution in [-0.2, 0) is 25.8 Å². The zero-order chi connectivity index (χ0) is 24.5. The third-order valence-corrected chi connectivity index (χ3v) is 8.80. The van der Waals surface area contributed by atoms with Crippen LogP contribution < -0.4 is 15.6 Å². The number of nitrogens with zero attached hydrogens (tertiary/aromatic N) is 4. The molecule has 5 rings (SSSR count). The van der Waals surface area contributed by atoms with Gasteiger partial charge in [-0.3, -0.25) is 14.5 Å². The number of aromatic nitrogens is 2. The van der Waals surface area contributed by atoms with Crippen LogP contribution in [0, 0.1) is 0 Å². The Morgan fingerprint density at radius 2 is 2.09 bits per heavy atom. The zero-order valence-corrected chi connectivity index (χ0v) is 20.6. The Balaban J connectivity index is 1.33. The number of oxime groups is 1. The Hall–Kier alpha value is -3.10. The second kappa shape index (κ2) is 9.87. The summed E-state index contributed by atoms with van der Waals surface area (Å²) in [5.41, 5.74) is 6.49. The Morgan fingerprint density at radius 1 is 1.31 bits per heavy atom. The van der Waals surface area contributed by atoms with E-state index in [1.807, 2.05) is 35.2 Å². The molecule has 11 nitrogen and oxygen atoms in total. The Labute approximate surface area is 212 Å². The summed E-state index contributed by atoms with van der Waals surface area (Å²) in [6.07, 6.45) is 3.58. The van der Waals surface area contributed by atoms with Gasteiger partial charge in [0.25, 0.3) is 11.8 Å². The predicted molar refractivity (Wildman–Crippen MR) is 132 cm³/mol. The quantitative estimate of drug-likeness (QED) is 0.188. The number of aliphatic carboxylic acids is 1. The van der Waals surface area contributed by atoms with Crippen molar-refractivity contribution in [1.29, 1.82) is 0 Å². The number of carboxylic acid groups (broad SMARTS) is 1. The molecule has 35 heavy (non-hydrogen) atoms. The molecule has 0 saturated carbocycles. The monoisotopic (exact) mass is 533 g/mol. The molecular formula is C21H21N6O5S3+. The Morgan fingerprint density at radius 3 is 2.71 bits per heavy atom. The SMILES string of the molecule is Nc1nc(/C(=N/OC2CSC2)C(=O)NC2C(=O)N3C(C(=O)O)=C(C[n+]4ccccc4)CS[C@H]23)cs1. The van der Waals surface area contributed by atoms with E-state index in [2.05, 4.69) is 15.5 Å². The molecule has 14 heteroatoms. The normalized spacial score (nSPS) is 22.2. The average molecular weight is 534 g/mol. The number of nitrogen functional groups attached to an aromatic ring is 1. The molecule has 2 saturated heterocycles. The Kier molecular flexibility index (Phi) is 6.67. The van der Waals surface area contributed by atoms with Gasteiger partial charge in [0.1, 0.15) is 28.9 Å². The molecule has 0 aliphatic carbocycles. The zero-order valence-electron chi connectivity index (χ0n) is 18.2. The predicted octanol–water partition coefficient (Wildman–Crippen LogP) is 0.288. The van der Waals surface area contributed by atoms with Gasteiger partial charge in [0.2, 0.25) is 0 Å². The first-order chi connectivity index (χ1) is 16.9. The number of carboxylic acids is 1. The first kappa shape index (κ1) is 23.6. The highest BCUT2D eigenvalue weighted by Gasteiger charge is 2.54. The summed E-state index contributed by atoms with van der Waals surface area (Å²) in [5, 5.41) is 17.9. The first-order valence-electron chi connectivity index (χ1n) is 10.6. The molecule has 2 aromatic rings. The van der Waals surface area contributed by atoms with Gasteiger partial charge in [0, 0.05) is 40.3 Å². The van der Waals surface area contributed by atoms with Gasteiger partial charge in [-0.25, -0.2) is 14.3 Å². The first-order valence-corrected chi connectivity index (χ1v) is 13.7. The van der Waals surface area contributed by atoms with Crippen LogP contribution in [-0.4, -0.2) is 73.3 Å². The molecule has 2 atom stereocenters. The minimum atomic E-state index is -1.17. The van der Waals surface area contributed by atoms with E-state index in [0.717, 1.165) is 22.8 Å². The number of amides is 2. The standard InChI is InChI=1S/C21H20N6O5S3/c22-21-23-13(10-35-21)14(25-32-12-8-33-9-12)17(28)24-15-18(29)27-16(20(30)31)11(7-34-19(15)27)6-26-4-2-1-3-5-26/h1-5,10,12,15,19H,6-9H2,(H3-,22,23,24,28,30,31)/p+1/b25-14-/t15?,19-/m1/s1. The lowest BCUT2D eigenvalue weighted by Gasteiger charge is -2.49. The fraction of sp³-hybridized carbons (Fsp3) is 0.333. The van der Waals surface area contributed by atoms with Crippen LogP contribution in [0.4, 0.5) is 5.13 Å². The van der Waals surface area contributed by atoms with Crippen LogP contribution in [0.1, 0.15) is 5.69 Å². The van der Waals surface area contributed by atoms with Crippen LogP contribution >= 0.6 is 34.9 Å². The number of pyridine rings is 1. The molecule has 182 valence electrons. The summed E-state index contributed by atoms with van der Waals surface area (Å²) < 4.78 is 1.85. The number of hydrogen-bond donors (Lipinski definition) is 3. The number of thiazole rings is 1. The van der Waals surface area contributed by atoms with E-state index in [0.29, 0.717) is 17.9 Å². The molecule has 3 aliphatic rings. The Bertz CT molecular complexity index is 1230. The number of thioether (sulfide) groups is 2. The van der Waals surface area contributed by atoms with E-state index < -0.39 is 29.2 Å². The van der Waals surface area contributed by atoms with Crippen molar-refractivity contribution in [2.75, 3.05) is 23.0 Å². The number of hydrogen-bond acceptors (Lipinski definition) is 10. The lowest BCUT2D eigenvalue weighted by molar-refractivity contribution is -0.689. The summed E-state index contributed by atoms with van der Waals surface area (Å²) >= 11 is 4.27. The van der Waals surface area contributed by atoms with Gasteiger partial charge in [0.05, 0.1) is 0 Å². The van der Waals surface area contributed by atoms with Gasteiger partial charge in [-0.15, -0.1) is 23.1 Å². The summed E-state index contributed by atoms with van der Waals surface area (Å²) in [7, 11) is 0. The molecule has 0 spiro atoms. The van der Waals surface area contributed by atoms with Gasteiger partial charge in [-0.2, -0.15) is 11.8 Å². The smallest absolute Gasteiger partial charge is 0.352 e. The summed E-state index contributed by atoms with van der Waals surface area (Å²) in [6.45, 7) is 0.349. The number of nitrogens with two attached hydrogens (primary N) is 1. The van der Waals surface area contributed by atoms with Crippen LogP contribution in [0.25, 0.3) is 0 Å². The van der Waals surface area contributed by atoms with Crippen molar-refractivity contribution in [3.05, 3.63) is 52.9 Å². The molecule has 0 aromatic carbocycles. The molecule has 4 N–H and O–H groups in total. The van der Waals surface area contributed by atoms with E-state index in [4.69, 9.17) is 10.6 Å². The lowest BCUT2D eigenvalue weighted by atomic mass is 10.0. The maximum atomic E-state index is 13.1. The number of carbonyl (C=O) groups is 3. The maximum absolute atomic E-state index is 13.1. The van der Waals surface area contributed by atoms with Crippen molar-refractivity contribution < 1.29 is 28.9 Å². The van der Waals surface area contributed by atoms with Gasteiger partial charge >= 0.3 is 5.97 Å². The van der Waals surface area contributed by atoms with Gasteiger partial charge < -0.3 is 21.0 Å². The van der Waals surface area contributed by atoms with Crippen LogP contribution in [0.3, 0.4) is 0 Å². The molecule has 0 radical (unpaired) electrons. The van der Waals surface area contributed by atoms with Gasteiger partial charge in [-0.1, -0.05) is 11.2 Å². The molecule has 2 aromatic heterocycles. The van der Waals surface area contributed by atoms with E-state index >= 15 is 0 Å². The van der Waals surface area contributed by atoms with E-state index in [9.17, 15) is 19.5 Å². The second-order valence-electron chi connectivity index (χ2n) is 7.94. The third kappa shape index (κ3) is 4.73. The molecule has 5 heterocycles. The van der Waals surface area contributed by atoms with E-state index in [-0.39, 0.29) is 28.3 Å². The number of nitrogens with one attached hydrogen (secondary N) is 1. The summed E-state index contributed by atoms with van der Waals surface area (Å²) in [5.74, 6) is -0.326. The van der Waals surface area contributed by atoms with E-state index in [1.165, 1.54) is 16.7 Å². The number of carbonyl (C=O) groups excluding carboxylic acids is 2. The maximum Gasteiger partial charge on any atom is 0.352 e. The van der Waals surface area contributed by atoms with Gasteiger partial charge in [0.15, 0.2) is 29.8 Å². The van der Waals surface area contributed by atoms with Crippen molar-refractivity contribution in [2.45, 2.75) is 24.1 Å². The minimum absolute atomic E-state index is 0.0346. The average Bonchev–Trinajstić information content (AvgIpc) is 3.24. The van der Waals surface area contributed by atoms with Gasteiger partial charge in [-0.05, 0) is 0 Å². The fourth-order valence-corrected chi connectivity index (χ4v) is 6.21. The molecule has 1 unspecified atom stereocenters. The molecular weight excluding hydrogens is 512 g/mol. The fourth-order valence-electron chi connectivity index (χ4n) is 3.78. The van der Waals surface area contributed by atoms with Crippen molar-refractivity contribution >= 4 is 63.5 Å². The van der Waals surface area contributed by atoms with Crippen LogP contribution in [0.5, 0.6) is 0 Å². The molecule has 3 aliphatic heterocycles. The van der Waals surface area contributed by atoms with Crippen LogP contribution in [0.2, 0.25) is 0 Å². The van der Waals surface area contributed by atoms with E-state index in [1.54, 1.807) is 17.1 Å². The third-order valence-electron chi connectivity index (χ3n) is 5.57. The number of anilines is 1. The minimum Gasteiger partial charge on any atom is -0.477 e. The summed E-state index contributed by atoms with van der Waals surface area (Å²) in [4.78, 5) is 49.0. The summed E-state index contributed by atoms with van der Waals surface area (Å²) in [6, 6.07) is 4.67. The second-order valence-corrected chi connectivity index (χ2v) is 11.0. The highest BCUT2D eigenvalue weighted by Crippen LogP contribution is 2.40. The molecule has 0 bridgehead atoms. The van der Waals surface area contributed by atoms with Crippen molar-refractivity contribution in [2.24, 2.45) is 5.16 Å². The highest BCUT2D eigenvalue weighted by atomic mass is 32.2. The number of fused-ring (bicyclic) bond motifs is 1. The largest absolute Gasteiger partial charge is 0.477 e. The number of rotatable bonds is 8. The molecule has 2 fully saturated rings. The molecule has 2 amide bonds. The van der Waals surface area contributed by atoms with Crippen LogP contribution in [0.15, 0.2) is 52.4 Å². The lowest BCUT2D eigenvalue weighted by Crippen LogP contribution is -2.71. The van der Waals surface area contributed by atoms with Crippen molar-refractivity contribution in [1.82, 2.24) is 15.2 Å². The topological polar surface area (TPSA) is 151 Å². The number of β-lactam (4-membered cyclic amide) rings is 1.